The summed E-state index contributed by atoms with van der Waals surface area (Å²) in [5.74, 6) is 2.35. The average Bonchev–Trinajstić information content (AvgIpc) is 2.60. The summed E-state index contributed by atoms with van der Waals surface area (Å²) in [5, 5.41) is 0. The van der Waals surface area contributed by atoms with E-state index >= 15 is 0 Å². The monoisotopic (exact) mass is 370 g/mol. The number of ether oxygens (including phenoxy) is 1. The lowest BCUT2D eigenvalue weighted by Crippen LogP contribution is -2.59. The molecule has 4 fully saturated rings. The summed E-state index contributed by atoms with van der Waals surface area (Å²) in [7, 11) is 0. The molecule has 0 aliphatic heterocycles. The van der Waals surface area contributed by atoms with Crippen molar-refractivity contribution >= 4 is 11.8 Å². The molecule has 0 saturated heterocycles. The Labute approximate surface area is 161 Å². The largest absolute Gasteiger partial charge is 0.478 e. The Bertz CT molecular complexity index is 703. The van der Waals surface area contributed by atoms with E-state index in [-0.39, 0.29) is 17.2 Å². The highest BCUT2D eigenvalue weighted by Gasteiger charge is 2.54. The Morgan fingerprint density at radius 2 is 1.48 bits per heavy atom. The van der Waals surface area contributed by atoms with Gasteiger partial charge in [0, 0.05) is 0 Å². The highest BCUT2D eigenvalue weighted by molar-refractivity contribution is 5.89. The van der Waals surface area contributed by atoms with Gasteiger partial charge in [-0.05, 0) is 89.2 Å². The molecule has 1 aromatic carbocycles. The Morgan fingerprint density at radius 3 is 2.00 bits per heavy atom. The van der Waals surface area contributed by atoms with E-state index in [0.717, 1.165) is 24.8 Å². The standard InChI is InChI=1S/C22H30N2O3/c1-14-4-6-18(7-5-14)27-21(2,3)19(25)23-24-20(26)22-11-15-8-16(12-22)10-17(9-15)13-22/h4-7,15-17H,8-13H2,1-3H3,(H,23,25)(H,24,26). The van der Waals surface area contributed by atoms with Crippen LogP contribution in [-0.4, -0.2) is 17.4 Å². The van der Waals surface area contributed by atoms with Crippen LogP contribution in [0.2, 0.25) is 0 Å². The van der Waals surface area contributed by atoms with Gasteiger partial charge in [0.15, 0.2) is 5.60 Å². The van der Waals surface area contributed by atoms with Crippen molar-refractivity contribution in [2.24, 2.45) is 23.2 Å². The van der Waals surface area contributed by atoms with E-state index in [1.54, 1.807) is 13.8 Å². The molecule has 0 unspecified atom stereocenters. The van der Waals surface area contributed by atoms with Crippen LogP contribution in [0.25, 0.3) is 0 Å². The van der Waals surface area contributed by atoms with Gasteiger partial charge < -0.3 is 4.74 Å². The summed E-state index contributed by atoms with van der Waals surface area (Å²) in [6, 6.07) is 7.58. The molecule has 4 bridgehead atoms. The molecule has 5 nitrogen and oxygen atoms in total. The average molecular weight is 370 g/mol. The third kappa shape index (κ3) is 3.56. The van der Waals surface area contributed by atoms with Gasteiger partial charge in [0.05, 0.1) is 5.41 Å². The number of carbonyl (C=O) groups excluding carboxylic acids is 2. The zero-order valence-electron chi connectivity index (χ0n) is 16.5. The number of hydrazine groups is 1. The fraction of sp³-hybridized carbons (Fsp3) is 0.636. The van der Waals surface area contributed by atoms with E-state index in [9.17, 15) is 9.59 Å². The van der Waals surface area contributed by atoms with Crippen molar-refractivity contribution in [3.05, 3.63) is 29.8 Å². The highest BCUT2D eigenvalue weighted by Crippen LogP contribution is 2.60. The number of carbonyl (C=O) groups is 2. The number of rotatable bonds is 4. The molecule has 27 heavy (non-hydrogen) atoms. The molecular weight excluding hydrogens is 340 g/mol. The first-order chi connectivity index (χ1) is 12.8. The van der Waals surface area contributed by atoms with Gasteiger partial charge in [-0.25, -0.2) is 0 Å². The van der Waals surface area contributed by atoms with Crippen LogP contribution in [0, 0.1) is 30.1 Å². The minimum atomic E-state index is -1.08. The zero-order valence-corrected chi connectivity index (χ0v) is 16.5. The van der Waals surface area contributed by atoms with Gasteiger partial charge in [-0.15, -0.1) is 0 Å². The van der Waals surface area contributed by atoms with Crippen LogP contribution < -0.4 is 15.6 Å². The van der Waals surface area contributed by atoms with Gasteiger partial charge >= 0.3 is 0 Å². The normalized spacial score (nSPS) is 31.4. The van der Waals surface area contributed by atoms with Gasteiger partial charge in [-0.3, -0.25) is 20.4 Å². The number of hydrogen-bond acceptors (Lipinski definition) is 3. The maximum absolute atomic E-state index is 13.0. The summed E-state index contributed by atoms with van der Waals surface area (Å²) in [6.07, 6.45) is 6.79. The zero-order chi connectivity index (χ0) is 19.2. The molecule has 2 amide bonds. The van der Waals surface area contributed by atoms with E-state index in [2.05, 4.69) is 10.9 Å². The maximum atomic E-state index is 13.0. The van der Waals surface area contributed by atoms with Crippen LogP contribution in [0.1, 0.15) is 57.9 Å². The smallest absolute Gasteiger partial charge is 0.281 e. The summed E-state index contributed by atoms with van der Waals surface area (Å²) in [5.41, 5.74) is 5.12. The number of amides is 2. The number of aryl methyl sites for hydroxylation is 1. The summed E-state index contributed by atoms with van der Waals surface area (Å²) in [6.45, 7) is 5.42. The Morgan fingerprint density at radius 1 is 0.963 bits per heavy atom. The molecule has 1 aromatic rings. The quantitative estimate of drug-likeness (QED) is 0.797. The molecule has 0 atom stereocenters. The molecule has 0 heterocycles. The van der Waals surface area contributed by atoms with Crippen molar-refractivity contribution in [2.45, 2.75) is 64.9 Å². The van der Waals surface area contributed by atoms with Gasteiger partial charge in [0.2, 0.25) is 5.91 Å². The van der Waals surface area contributed by atoms with Crippen LogP contribution in [0.3, 0.4) is 0 Å². The number of hydrogen-bond donors (Lipinski definition) is 2. The maximum Gasteiger partial charge on any atom is 0.281 e. The second-order valence-corrected chi connectivity index (χ2v) is 9.53. The lowest BCUT2D eigenvalue weighted by molar-refractivity contribution is -0.150. The third-order valence-electron chi connectivity index (χ3n) is 6.75. The Balaban J connectivity index is 1.35. The van der Waals surface area contributed by atoms with Crippen molar-refractivity contribution in [2.75, 3.05) is 0 Å². The lowest BCUT2D eigenvalue weighted by Gasteiger charge is -2.55. The van der Waals surface area contributed by atoms with Crippen molar-refractivity contribution in [1.82, 2.24) is 10.9 Å². The molecule has 5 rings (SSSR count). The fourth-order valence-corrected chi connectivity index (χ4v) is 5.73. The van der Waals surface area contributed by atoms with Crippen molar-refractivity contribution in [3.8, 4) is 5.75 Å². The van der Waals surface area contributed by atoms with Crippen LogP contribution in [0.15, 0.2) is 24.3 Å². The molecule has 0 aromatic heterocycles. The molecule has 4 aliphatic carbocycles. The Hall–Kier alpha value is -2.04. The molecule has 0 radical (unpaired) electrons. The summed E-state index contributed by atoms with van der Waals surface area (Å²) >= 11 is 0. The molecule has 4 saturated carbocycles. The third-order valence-corrected chi connectivity index (χ3v) is 6.75. The first kappa shape index (κ1) is 18.3. The fourth-order valence-electron chi connectivity index (χ4n) is 5.73. The predicted molar refractivity (Wildman–Crippen MR) is 103 cm³/mol. The van der Waals surface area contributed by atoms with E-state index in [0.29, 0.717) is 23.5 Å². The van der Waals surface area contributed by atoms with Gasteiger partial charge in [-0.1, -0.05) is 17.7 Å². The van der Waals surface area contributed by atoms with Crippen LogP contribution >= 0.6 is 0 Å². The van der Waals surface area contributed by atoms with Crippen molar-refractivity contribution in [1.29, 1.82) is 0 Å². The van der Waals surface area contributed by atoms with Crippen LogP contribution in [-0.2, 0) is 9.59 Å². The van der Waals surface area contributed by atoms with E-state index < -0.39 is 5.60 Å². The van der Waals surface area contributed by atoms with Crippen LogP contribution in [0.4, 0.5) is 0 Å². The molecule has 4 aliphatic rings. The lowest BCUT2D eigenvalue weighted by atomic mass is 9.49. The SMILES string of the molecule is Cc1ccc(OC(C)(C)C(=O)NNC(=O)C23CC4CC(CC(C4)C2)C3)cc1. The first-order valence-electron chi connectivity index (χ1n) is 10.1. The van der Waals surface area contributed by atoms with Crippen molar-refractivity contribution < 1.29 is 14.3 Å². The predicted octanol–water partition coefficient (Wildman–Crippen LogP) is 3.52. The topological polar surface area (TPSA) is 67.4 Å². The minimum absolute atomic E-state index is 0.0129. The summed E-state index contributed by atoms with van der Waals surface area (Å²) in [4.78, 5) is 25.6. The number of nitrogens with one attached hydrogen (secondary N) is 2. The molecular formula is C22H30N2O3. The van der Waals surface area contributed by atoms with Gasteiger partial charge in [0.1, 0.15) is 5.75 Å². The van der Waals surface area contributed by atoms with E-state index in [1.165, 1.54) is 19.3 Å². The minimum Gasteiger partial charge on any atom is -0.478 e. The highest BCUT2D eigenvalue weighted by atomic mass is 16.5. The second kappa shape index (κ2) is 6.54. The first-order valence-corrected chi connectivity index (χ1v) is 10.1. The van der Waals surface area contributed by atoms with E-state index in [4.69, 9.17) is 4.74 Å². The molecule has 5 heteroatoms. The summed E-state index contributed by atoms with van der Waals surface area (Å²) < 4.78 is 5.84. The van der Waals surface area contributed by atoms with Gasteiger partial charge in [-0.2, -0.15) is 0 Å². The van der Waals surface area contributed by atoms with Gasteiger partial charge in [0.25, 0.3) is 5.91 Å². The second-order valence-electron chi connectivity index (χ2n) is 9.53. The molecule has 146 valence electrons. The van der Waals surface area contributed by atoms with Crippen LogP contribution in [0.5, 0.6) is 5.75 Å². The van der Waals surface area contributed by atoms with E-state index in [1.807, 2.05) is 31.2 Å². The number of benzene rings is 1. The molecule has 0 spiro atoms. The van der Waals surface area contributed by atoms with Crippen molar-refractivity contribution in [3.63, 3.8) is 0 Å². The Kier molecular flexibility index (Phi) is 4.44. The molecule has 2 N–H and O–H groups in total.